The molecule has 0 atom stereocenters. The number of nitrogens with zero attached hydrogens (tertiary/aromatic N) is 5. The minimum absolute atomic E-state index is 0.193. The molecule has 31 heavy (non-hydrogen) atoms. The van der Waals surface area contributed by atoms with E-state index in [4.69, 9.17) is 23.2 Å². The molecule has 1 amide bonds. The van der Waals surface area contributed by atoms with Gasteiger partial charge in [-0.1, -0.05) is 37.0 Å². The second-order valence-electron chi connectivity index (χ2n) is 7.70. The fourth-order valence-electron chi connectivity index (χ4n) is 3.66. The Bertz CT molecular complexity index is 1070. The average molecular weight is 461 g/mol. The first-order valence-corrected chi connectivity index (χ1v) is 11.3. The molecule has 1 saturated carbocycles. The molecule has 2 aromatic heterocycles. The van der Waals surface area contributed by atoms with Gasteiger partial charge in [0.25, 0.3) is 5.91 Å². The summed E-state index contributed by atoms with van der Waals surface area (Å²) < 4.78 is 3.62. The first kappa shape index (κ1) is 21.9. The Kier molecular flexibility index (Phi) is 6.65. The molecule has 1 aliphatic rings. The van der Waals surface area contributed by atoms with E-state index in [1.807, 2.05) is 16.9 Å². The highest BCUT2D eigenvalue weighted by Crippen LogP contribution is 2.43. The Morgan fingerprint density at radius 1 is 1.19 bits per heavy atom. The maximum absolute atomic E-state index is 13.1. The molecule has 1 aliphatic carbocycles. The van der Waals surface area contributed by atoms with Crippen molar-refractivity contribution in [2.45, 2.75) is 39.2 Å². The zero-order valence-electron chi connectivity index (χ0n) is 17.7. The zero-order chi connectivity index (χ0) is 22.0. The Balaban J connectivity index is 1.51. The lowest BCUT2D eigenvalue weighted by Crippen LogP contribution is -2.27. The van der Waals surface area contributed by atoms with Gasteiger partial charge in [0.15, 0.2) is 0 Å². The molecule has 164 valence electrons. The van der Waals surface area contributed by atoms with Gasteiger partial charge in [0, 0.05) is 23.7 Å². The largest absolute Gasteiger partial charge is 0.319 e. The third kappa shape index (κ3) is 4.95. The molecule has 0 aliphatic heterocycles. The molecular weight excluding hydrogens is 435 g/mol. The van der Waals surface area contributed by atoms with Gasteiger partial charge < -0.3 is 10.2 Å². The van der Waals surface area contributed by atoms with E-state index in [9.17, 15) is 4.79 Å². The number of hydrogen-bond acceptors (Lipinski definition) is 4. The van der Waals surface area contributed by atoms with Gasteiger partial charge in [0.1, 0.15) is 0 Å². The predicted molar refractivity (Wildman–Crippen MR) is 124 cm³/mol. The number of halogens is 2. The second kappa shape index (κ2) is 9.42. The maximum Gasteiger partial charge on any atom is 0.259 e. The van der Waals surface area contributed by atoms with Crippen molar-refractivity contribution in [2.75, 3.05) is 25.0 Å². The van der Waals surface area contributed by atoms with Crippen molar-refractivity contribution in [1.29, 1.82) is 0 Å². The molecular formula is C22H26Cl2N6O. The quantitative estimate of drug-likeness (QED) is 0.495. The molecule has 0 spiro atoms. The summed E-state index contributed by atoms with van der Waals surface area (Å²) in [5.41, 5.74) is 2.83. The summed E-state index contributed by atoms with van der Waals surface area (Å²) in [4.78, 5) is 15.4. The van der Waals surface area contributed by atoms with Crippen LogP contribution in [0.5, 0.6) is 0 Å². The summed E-state index contributed by atoms with van der Waals surface area (Å²) in [6.45, 7) is 8.00. The summed E-state index contributed by atoms with van der Waals surface area (Å²) in [6, 6.07) is 5.28. The van der Waals surface area contributed by atoms with E-state index < -0.39 is 0 Å². The Morgan fingerprint density at radius 3 is 2.65 bits per heavy atom. The molecule has 0 saturated heterocycles. The number of carbonyl (C=O) groups excluding carboxylic acids is 1. The van der Waals surface area contributed by atoms with Crippen LogP contribution in [0.25, 0.3) is 5.69 Å². The molecule has 2 heterocycles. The van der Waals surface area contributed by atoms with Gasteiger partial charge in [-0.3, -0.25) is 9.48 Å². The van der Waals surface area contributed by atoms with Crippen LogP contribution in [0.3, 0.4) is 0 Å². The number of likely N-dealkylation sites (N-methyl/N-ethyl adjacent to an activating group) is 1. The summed E-state index contributed by atoms with van der Waals surface area (Å²) in [5, 5.41) is 12.9. The van der Waals surface area contributed by atoms with Crippen molar-refractivity contribution in [1.82, 2.24) is 24.5 Å². The number of benzene rings is 1. The van der Waals surface area contributed by atoms with Gasteiger partial charge in [0.2, 0.25) is 0 Å². The standard InChI is InChI=1S/C22H26Cl2N6O/c1-3-28(4-2)9-10-29-14-17(12-25-29)27-22(31)18-13-26-30(21(18)15-5-6-15)20-8-7-16(23)11-19(20)24/h7-8,11-15H,3-6,9-10H2,1-2H3,(H,27,31). The number of amides is 1. The number of nitrogens with one attached hydrogen (secondary N) is 1. The molecule has 0 radical (unpaired) electrons. The van der Waals surface area contributed by atoms with Gasteiger partial charge in [-0.05, 0) is 44.1 Å². The molecule has 3 aromatic rings. The number of hydrogen-bond donors (Lipinski definition) is 1. The van der Waals surface area contributed by atoms with Gasteiger partial charge >= 0.3 is 0 Å². The normalized spacial score (nSPS) is 13.7. The van der Waals surface area contributed by atoms with Crippen molar-refractivity contribution in [3.05, 3.63) is 58.1 Å². The minimum Gasteiger partial charge on any atom is -0.319 e. The van der Waals surface area contributed by atoms with E-state index in [0.717, 1.165) is 50.4 Å². The van der Waals surface area contributed by atoms with Crippen LogP contribution in [0.2, 0.25) is 10.0 Å². The van der Waals surface area contributed by atoms with E-state index in [-0.39, 0.29) is 5.91 Å². The van der Waals surface area contributed by atoms with Crippen LogP contribution in [-0.2, 0) is 6.54 Å². The van der Waals surface area contributed by atoms with Gasteiger partial charge in [-0.2, -0.15) is 10.2 Å². The highest BCUT2D eigenvalue weighted by molar-refractivity contribution is 6.35. The number of aromatic nitrogens is 4. The first-order valence-electron chi connectivity index (χ1n) is 10.6. The fraction of sp³-hybridized carbons (Fsp3) is 0.409. The third-order valence-electron chi connectivity index (χ3n) is 5.58. The summed E-state index contributed by atoms with van der Waals surface area (Å²) in [7, 11) is 0. The van der Waals surface area contributed by atoms with Crippen molar-refractivity contribution in [3.8, 4) is 5.69 Å². The van der Waals surface area contributed by atoms with Gasteiger partial charge in [-0.15, -0.1) is 0 Å². The Labute approximate surface area is 191 Å². The molecule has 1 aromatic carbocycles. The fourth-order valence-corrected chi connectivity index (χ4v) is 4.15. The molecule has 0 bridgehead atoms. The van der Waals surface area contributed by atoms with E-state index in [0.29, 0.717) is 27.2 Å². The van der Waals surface area contributed by atoms with E-state index in [1.54, 1.807) is 29.2 Å². The van der Waals surface area contributed by atoms with Crippen LogP contribution < -0.4 is 5.32 Å². The molecule has 0 unspecified atom stereocenters. The van der Waals surface area contributed by atoms with Crippen LogP contribution >= 0.6 is 23.2 Å². The summed E-state index contributed by atoms with van der Waals surface area (Å²) in [6.07, 6.45) is 7.20. The molecule has 1 fully saturated rings. The van der Waals surface area contributed by atoms with Crippen LogP contribution in [0.4, 0.5) is 5.69 Å². The van der Waals surface area contributed by atoms with Crippen molar-refractivity contribution >= 4 is 34.8 Å². The van der Waals surface area contributed by atoms with Crippen molar-refractivity contribution in [2.24, 2.45) is 0 Å². The number of anilines is 1. The monoisotopic (exact) mass is 460 g/mol. The second-order valence-corrected chi connectivity index (χ2v) is 8.54. The van der Waals surface area contributed by atoms with E-state index in [1.165, 1.54) is 0 Å². The molecule has 9 heteroatoms. The van der Waals surface area contributed by atoms with Gasteiger partial charge in [-0.25, -0.2) is 4.68 Å². The smallest absolute Gasteiger partial charge is 0.259 e. The first-order chi connectivity index (χ1) is 15.0. The van der Waals surface area contributed by atoms with Gasteiger partial charge in [0.05, 0.1) is 46.6 Å². The third-order valence-corrected chi connectivity index (χ3v) is 6.12. The summed E-state index contributed by atoms with van der Waals surface area (Å²) in [5.74, 6) is 0.105. The SMILES string of the molecule is CCN(CC)CCn1cc(NC(=O)c2cnn(-c3ccc(Cl)cc3Cl)c2C2CC2)cn1. The van der Waals surface area contributed by atoms with Crippen LogP contribution in [0.1, 0.15) is 48.7 Å². The van der Waals surface area contributed by atoms with Crippen LogP contribution in [-0.4, -0.2) is 50.0 Å². The minimum atomic E-state index is -0.193. The predicted octanol–water partition coefficient (Wildman–Crippen LogP) is 4.85. The lowest BCUT2D eigenvalue weighted by molar-refractivity contribution is 0.102. The Hall–Kier alpha value is -2.35. The highest BCUT2D eigenvalue weighted by atomic mass is 35.5. The van der Waals surface area contributed by atoms with Crippen molar-refractivity contribution in [3.63, 3.8) is 0 Å². The highest BCUT2D eigenvalue weighted by Gasteiger charge is 2.33. The van der Waals surface area contributed by atoms with Crippen molar-refractivity contribution < 1.29 is 4.79 Å². The lowest BCUT2D eigenvalue weighted by atomic mass is 10.1. The Morgan fingerprint density at radius 2 is 1.97 bits per heavy atom. The maximum atomic E-state index is 13.1. The number of rotatable bonds is 9. The topological polar surface area (TPSA) is 68.0 Å². The number of carbonyl (C=O) groups is 1. The molecule has 7 nitrogen and oxygen atoms in total. The van der Waals surface area contributed by atoms with E-state index >= 15 is 0 Å². The average Bonchev–Trinajstić information content (AvgIpc) is 3.33. The lowest BCUT2D eigenvalue weighted by Gasteiger charge is -2.17. The summed E-state index contributed by atoms with van der Waals surface area (Å²) >= 11 is 12.4. The van der Waals surface area contributed by atoms with Crippen LogP contribution in [0, 0.1) is 0 Å². The zero-order valence-corrected chi connectivity index (χ0v) is 19.2. The van der Waals surface area contributed by atoms with E-state index in [2.05, 4.69) is 34.3 Å². The molecule has 4 rings (SSSR count). The molecule has 1 N–H and O–H groups in total. The van der Waals surface area contributed by atoms with Crippen LogP contribution in [0.15, 0.2) is 36.8 Å².